The number of carbonyl (C=O) groups is 4. The normalized spacial score (nSPS) is 12.5. The molecular weight excluding hydrogens is 566 g/mol. The summed E-state index contributed by atoms with van der Waals surface area (Å²) in [7, 11) is 0. The number of nitrogens with one attached hydrogen (secondary N) is 4. The summed E-state index contributed by atoms with van der Waals surface area (Å²) in [6.45, 7) is 6.58. The number of carbonyl (C=O) groups excluding carboxylic acids is 4. The van der Waals surface area contributed by atoms with Crippen LogP contribution >= 0.6 is 0 Å². The SMILES string of the molecule is CC(C)(C)OC(=O)N(CCCOC(=O)[C@](C)(NC(=O)Nc1ccccc1)NC(=O)c1ccc2[nH]ncc2c1)c1ccccn1. The lowest BCUT2D eigenvalue weighted by Gasteiger charge is -2.30. The van der Waals surface area contributed by atoms with Crippen molar-refractivity contribution >= 4 is 46.4 Å². The molecule has 4 N–H and O–H groups in total. The zero-order valence-corrected chi connectivity index (χ0v) is 24.9. The second-order valence-electron chi connectivity index (χ2n) is 11.0. The van der Waals surface area contributed by atoms with Crippen LogP contribution in [0.25, 0.3) is 10.9 Å². The average molecular weight is 602 g/mol. The summed E-state index contributed by atoms with van der Waals surface area (Å²) >= 11 is 0. The van der Waals surface area contributed by atoms with Gasteiger partial charge in [-0.25, -0.2) is 19.4 Å². The van der Waals surface area contributed by atoms with Gasteiger partial charge in [-0.3, -0.25) is 14.8 Å². The Balaban J connectivity index is 1.45. The molecule has 4 amide bonds. The fourth-order valence-corrected chi connectivity index (χ4v) is 4.09. The molecular formula is C31H35N7O6. The van der Waals surface area contributed by atoms with E-state index in [1.807, 2.05) is 0 Å². The zero-order valence-electron chi connectivity index (χ0n) is 24.9. The molecule has 1 atom stereocenters. The molecule has 13 heteroatoms. The van der Waals surface area contributed by atoms with Crippen LogP contribution in [-0.4, -0.2) is 63.6 Å². The number of aromatic nitrogens is 3. The lowest BCUT2D eigenvalue weighted by atomic mass is 10.1. The Hall–Kier alpha value is -5.46. The fraction of sp³-hybridized carbons (Fsp3) is 0.290. The highest BCUT2D eigenvalue weighted by Crippen LogP contribution is 2.17. The van der Waals surface area contributed by atoms with Crippen molar-refractivity contribution in [2.75, 3.05) is 23.4 Å². The van der Waals surface area contributed by atoms with E-state index in [2.05, 4.69) is 31.1 Å². The molecule has 44 heavy (non-hydrogen) atoms. The molecule has 2 aromatic heterocycles. The first-order valence-corrected chi connectivity index (χ1v) is 13.9. The number of pyridine rings is 1. The van der Waals surface area contributed by atoms with E-state index >= 15 is 0 Å². The van der Waals surface area contributed by atoms with Gasteiger partial charge in [0.1, 0.15) is 11.4 Å². The number of amides is 4. The van der Waals surface area contributed by atoms with E-state index in [0.717, 1.165) is 5.52 Å². The number of H-pyrrole nitrogens is 1. The molecule has 0 saturated heterocycles. The third-order valence-electron chi connectivity index (χ3n) is 6.17. The smallest absolute Gasteiger partial charge is 0.416 e. The van der Waals surface area contributed by atoms with Crippen molar-refractivity contribution < 1.29 is 28.7 Å². The minimum absolute atomic E-state index is 0.120. The third kappa shape index (κ3) is 8.53. The monoisotopic (exact) mass is 601 g/mol. The number of para-hydroxylation sites is 1. The standard InChI is InChI=1S/C31H35N7O6/c1-30(2,3)44-29(42)38(25-13-8-9-16-32-25)17-10-18-43-27(40)31(4,36-28(41)34-23-11-6-5-7-12-23)35-26(39)21-14-15-24-22(19-21)20-33-37-24/h5-9,11-16,19-20H,10,17-18H2,1-4H3,(H,33,37)(H,35,39)(H2,34,36,41)/t31-/m0/s1. The molecule has 2 heterocycles. The van der Waals surface area contributed by atoms with Crippen LogP contribution in [0.15, 0.2) is 79.1 Å². The van der Waals surface area contributed by atoms with Gasteiger partial charge in [-0.15, -0.1) is 0 Å². The van der Waals surface area contributed by atoms with Crippen LogP contribution in [0.2, 0.25) is 0 Å². The number of benzene rings is 2. The summed E-state index contributed by atoms with van der Waals surface area (Å²) < 4.78 is 11.0. The summed E-state index contributed by atoms with van der Waals surface area (Å²) in [5.74, 6) is -1.17. The molecule has 0 bridgehead atoms. The quantitative estimate of drug-likeness (QED) is 0.116. The van der Waals surface area contributed by atoms with Crippen molar-refractivity contribution in [1.82, 2.24) is 25.8 Å². The van der Waals surface area contributed by atoms with Crippen LogP contribution in [0.1, 0.15) is 44.5 Å². The highest BCUT2D eigenvalue weighted by molar-refractivity contribution is 6.02. The largest absolute Gasteiger partial charge is 0.462 e. The molecule has 13 nitrogen and oxygen atoms in total. The van der Waals surface area contributed by atoms with Gasteiger partial charge in [-0.2, -0.15) is 5.10 Å². The van der Waals surface area contributed by atoms with E-state index in [9.17, 15) is 19.2 Å². The summed E-state index contributed by atoms with van der Waals surface area (Å²) in [6, 6.07) is 17.8. The van der Waals surface area contributed by atoms with Crippen LogP contribution in [-0.2, 0) is 14.3 Å². The number of ether oxygens (including phenoxy) is 2. The lowest BCUT2D eigenvalue weighted by molar-refractivity contribution is -0.151. The molecule has 2 aromatic carbocycles. The molecule has 4 aromatic rings. The first-order valence-electron chi connectivity index (χ1n) is 13.9. The highest BCUT2D eigenvalue weighted by Gasteiger charge is 2.39. The van der Waals surface area contributed by atoms with Crippen molar-refractivity contribution in [3.63, 3.8) is 0 Å². The fourth-order valence-electron chi connectivity index (χ4n) is 4.09. The Morgan fingerprint density at radius 1 is 0.932 bits per heavy atom. The lowest BCUT2D eigenvalue weighted by Crippen LogP contribution is -2.64. The minimum Gasteiger partial charge on any atom is -0.462 e. The maximum absolute atomic E-state index is 13.4. The number of hydrogen-bond acceptors (Lipinski definition) is 8. The molecule has 0 spiro atoms. The van der Waals surface area contributed by atoms with Crippen LogP contribution in [0, 0.1) is 0 Å². The molecule has 0 radical (unpaired) electrons. The summed E-state index contributed by atoms with van der Waals surface area (Å²) in [6.07, 6.45) is 2.72. The molecule has 0 aliphatic heterocycles. The van der Waals surface area contributed by atoms with E-state index < -0.39 is 35.3 Å². The third-order valence-corrected chi connectivity index (χ3v) is 6.17. The number of hydrogen-bond donors (Lipinski definition) is 4. The topological polar surface area (TPSA) is 168 Å². The van der Waals surface area contributed by atoms with Crippen LogP contribution < -0.4 is 20.9 Å². The van der Waals surface area contributed by atoms with E-state index in [4.69, 9.17) is 9.47 Å². The maximum Gasteiger partial charge on any atom is 0.416 e. The van der Waals surface area contributed by atoms with Crippen molar-refractivity contribution in [3.05, 3.63) is 84.7 Å². The molecule has 0 aliphatic carbocycles. The van der Waals surface area contributed by atoms with Gasteiger partial charge in [-0.05, 0) is 76.6 Å². The molecule has 4 rings (SSSR count). The molecule has 0 fully saturated rings. The number of urea groups is 1. The molecule has 0 aliphatic rings. The molecule has 0 unspecified atom stereocenters. The Bertz CT molecular complexity index is 1600. The van der Waals surface area contributed by atoms with Gasteiger partial charge in [0.25, 0.3) is 5.91 Å². The number of rotatable bonds is 10. The van der Waals surface area contributed by atoms with Crippen molar-refractivity contribution in [3.8, 4) is 0 Å². The zero-order chi connectivity index (χ0) is 31.7. The number of fused-ring (bicyclic) bond motifs is 1. The maximum atomic E-state index is 13.4. The Morgan fingerprint density at radius 2 is 1.68 bits per heavy atom. The predicted molar refractivity (Wildman–Crippen MR) is 164 cm³/mol. The number of nitrogens with zero attached hydrogens (tertiary/aromatic N) is 3. The van der Waals surface area contributed by atoms with Crippen molar-refractivity contribution in [2.45, 2.75) is 45.4 Å². The van der Waals surface area contributed by atoms with Gasteiger partial charge in [-0.1, -0.05) is 24.3 Å². The van der Waals surface area contributed by atoms with E-state index in [1.54, 1.807) is 99.9 Å². The van der Waals surface area contributed by atoms with E-state index in [0.29, 0.717) is 16.9 Å². The number of anilines is 2. The second kappa shape index (κ2) is 13.7. The van der Waals surface area contributed by atoms with Crippen molar-refractivity contribution in [1.29, 1.82) is 0 Å². The van der Waals surface area contributed by atoms with Gasteiger partial charge in [0, 0.05) is 29.4 Å². The van der Waals surface area contributed by atoms with Gasteiger partial charge in [0.2, 0.25) is 5.66 Å². The second-order valence-corrected chi connectivity index (χ2v) is 11.0. The van der Waals surface area contributed by atoms with Crippen LogP contribution in [0.3, 0.4) is 0 Å². The molecule has 0 saturated carbocycles. The Kier molecular flexibility index (Phi) is 9.78. The van der Waals surface area contributed by atoms with E-state index in [1.165, 1.54) is 11.8 Å². The Morgan fingerprint density at radius 3 is 2.39 bits per heavy atom. The molecule has 230 valence electrons. The average Bonchev–Trinajstić information content (AvgIpc) is 3.45. The number of esters is 1. The number of aromatic amines is 1. The highest BCUT2D eigenvalue weighted by atomic mass is 16.6. The van der Waals surface area contributed by atoms with Crippen molar-refractivity contribution in [2.24, 2.45) is 0 Å². The van der Waals surface area contributed by atoms with Gasteiger partial charge in [0.15, 0.2) is 0 Å². The van der Waals surface area contributed by atoms with Gasteiger partial charge >= 0.3 is 18.1 Å². The first-order chi connectivity index (χ1) is 20.9. The van der Waals surface area contributed by atoms with Crippen LogP contribution in [0.4, 0.5) is 21.1 Å². The summed E-state index contributed by atoms with van der Waals surface area (Å²) in [5, 5.41) is 15.2. The Labute approximate surface area is 254 Å². The summed E-state index contributed by atoms with van der Waals surface area (Å²) in [4.78, 5) is 58.0. The summed E-state index contributed by atoms with van der Waals surface area (Å²) in [5.41, 5.74) is -1.24. The first kappa shape index (κ1) is 31.5. The van der Waals surface area contributed by atoms with E-state index in [-0.39, 0.29) is 25.1 Å². The van der Waals surface area contributed by atoms with Gasteiger partial charge in [0.05, 0.1) is 18.3 Å². The minimum atomic E-state index is -1.97. The predicted octanol–water partition coefficient (Wildman–Crippen LogP) is 4.60. The van der Waals surface area contributed by atoms with Gasteiger partial charge < -0.3 is 25.4 Å². The van der Waals surface area contributed by atoms with Crippen LogP contribution in [0.5, 0.6) is 0 Å².